The van der Waals surface area contributed by atoms with Gasteiger partial charge in [-0.3, -0.25) is 18.9 Å². The van der Waals surface area contributed by atoms with Crippen molar-refractivity contribution in [2.75, 3.05) is 7.05 Å². The van der Waals surface area contributed by atoms with Crippen molar-refractivity contribution in [3.63, 3.8) is 0 Å². The SMILES string of the molecule is C=Nc1c(/C(N)=N\C)n(-c2ccc(Oc3ccccc3)cc2)c(=O)n1[C@H]1CC[C@H](NC(=O)C#CC)CC1. The van der Waals surface area contributed by atoms with Gasteiger partial charge in [-0.15, -0.1) is 0 Å². The zero-order valence-electron chi connectivity index (χ0n) is 21.0. The molecule has 37 heavy (non-hydrogen) atoms. The minimum atomic E-state index is -0.281. The van der Waals surface area contributed by atoms with Crippen LogP contribution in [0.1, 0.15) is 44.3 Å². The first-order valence-electron chi connectivity index (χ1n) is 12.1. The van der Waals surface area contributed by atoms with Crippen LogP contribution in [-0.2, 0) is 4.79 Å². The Hall–Kier alpha value is -4.58. The molecule has 4 rings (SSSR count). The van der Waals surface area contributed by atoms with Gasteiger partial charge in [0.25, 0.3) is 5.91 Å². The van der Waals surface area contributed by atoms with Crippen LogP contribution in [0.2, 0.25) is 0 Å². The number of amidine groups is 1. The highest BCUT2D eigenvalue weighted by Gasteiger charge is 2.30. The molecule has 1 aliphatic carbocycles. The van der Waals surface area contributed by atoms with E-state index in [1.807, 2.05) is 30.3 Å². The molecule has 0 radical (unpaired) electrons. The lowest BCUT2D eigenvalue weighted by molar-refractivity contribution is -0.116. The van der Waals surface area contributed by atoms with Crippen LogP contribution in [0.25, 0.3) is 5.69 Å². The summed E-state index contributed by atoms with van der Waals surface area (Å²) in [7, 11) is 1.57. The van der Waals surface area contributed by atoms with E-state index in [2.05, 4.69) is 33.9 Å². The zero-order valence-corrected chi connectivity index (χ0v) is 21.0. The molecule has 0 spiro atoms. The minimum absolute atomic E-state index is 0.0152. The first-order valence-corrected chi connectivity index (χ1v) is 12.1. The molecule has 0 unspecified atom stereocenters. The molecule has 1 fully saturated rings. The van der Waals surface area contributed by atoms with Crippen LogP contribution in [0.5, 0.6) is 11.5 Å². The number of hydrogen-bond donors (Lipinski definition) is 2. The van der Waals surface area contributed by atoms with Gasteiger partial charge >= 0.3 is 5.69 Å². The molecule has 0 saturated heterocycles. The van der Waals surface area contributed by atoms with Gasteiger partial charge in [0.05, 0.1) is 5.69 Å². The Morgan fingerprint density at radius 2 is 1.73 bits per heavy atom. The molecule has 0 bridgehead atoms. The maximum absolute atomic E-state index is 13.8. The van der Waals surface area contributed by atoms with E-state index < -0.39 is 0 Å². The van der Waals surface area contributed by atoms with Gasteiger partial charge in [0.1, 0.15) is 23.0 Å². The predicted octanol–water partition coefficient (Wildman–Crippen LogP) is 3.72. The monoisotopic (exact) mass is 498 g/mol. The number of nitrogens with two attached hydrogens (primary N) is 1. The number of nitrogens with zero attached hydrogens (tertiary/aromatic N) is 4. The van der Waals surface area contributed by atoms with E-state index in [-0.39, 0.29) is 29.5 Å². The molecule has 0 atom stereocenters. The fraction of sp³-hybridized carbons (Fsp3) is 0.286. The minimum Gasteiger partial charge on any atom is -0.457 e. The number of ether oxygens (including phenoxy) is 1. The maximum Gasteiger partial charge on any atom is 0.335 e. The number of nitrogens with one attached hydrogen (secondary N) is 1. The predicted molar refractivity (Wildman–Crippen MR) is 145 cm³/mol. The van der Waals surface area contributed by atoms with Crippen LogP contribution in [0.4, 0.5) is 5.82 Å². The Morgan fingerprint density at radius 3 is 2.32 bits per heavy atom. The molecule has 3 aromatic rings. The average molecular weight is 499 g/mol. The Kier molecular flexibility index (Phi) is 7.89. The number of benzene rings is 2. The maximum atomic E-state index is 13.8. The zero-order chi connectivity index (χ0) is 26.4. The summed E-state index contributed by atoms with van der Waals surface area (Å²) in [6, 6.07) is 16.5. The quantitative estimate of drug-likeness (QED) is 0.293. The third kappa shape index (κ3) is 5.48. The summed E-state index contributed by atoms with van der Waals surface area (Å²) in [4.78, 5) is 34.0. The molecule has 1 amide bonds. The summed E-state index contributed by atoms with van der Waals surface area (Å²) in [5.74, 6) is 6.75. The first kappa shape index (κ1) is 25.5. The second-order valence-electron chi connectivity index (χ2n) is 8.69. The second-order valence-corrected chi connectivity index (χ2v) is 8.69. The molecule has 190 valence electrons. The highest BCUT2D eigenvalue weighted by molar-refractivity contribution is 6.00. The topological polar surface area (TPSA) is 116 Å². The molecule has 1 saturated carbocycles. The number of aliphatic imine (C=N–C) groups is 2. The number of aromatic nitrogens is 2. The summed E-state index contributed by atoms with van der Waals surface area (Å²) < 4.78 is 9.06. The highest BCUT2D eigenvalue weighted by atomic mass is 16.5. The van der Waals surface area contributed by atoms with Gasteiger partial charge in [-0.25, -0.2) is 9.79 Å². The molecule has 1 heterocycles. The summed E-state index contributed by atoms with van der Waals surface area (Å²) in [5, 5.41) is 2.94. The lowest BCUT2D eigenvalue weighted by Gasteiger charge is -2.29. The molecule has 9 nitrogen and oxygen atoms in total. The smallest absolute Gasteiger partial charge is 0.335 e. The van der Waals surface area contributed by atoms with Crippen LogP contribution in [-0.4, -0.2) is 40.7 Å². The van der Waals surface area contributed by atoms with Crippen molar-refractivity contribution >= 4 is 24.3 Å². The number of rotatable bonds is 7. The standard InChI is InChI=1S/C28H30N6O3/c1-4-8-24(35)32-19-11-13-21(14-12-19)34-27(31-3)25(26(29)30-2)33(28(34)36)20-15-17-23(18-16-20)37-22-9-6-5-7-10-22/h5-7,9-10,15-19,21H,3,11-14H2,1-2H3,(H2,29,30)(H,32,35)/t19-,21-. The van der Waals surface area contributed by atoms with Gasteiger partial charge in [-0.1, -0.05) is 24.1 Å². The van der Waals surface area contributed by atoms with E-state index in [1.54, 1.807) is 42.8 Å². The van der Waals surface area contributed by atoms with Crippen LogP contribution in [0, 0.1) is 11.8 Å². The third-order valence-electron chi connectivity index (χ3n) is 6.40. The number of hydrogen-bond acceptors (Lipinski definition) is 5. The van der Waals surface area contributed by atoms with E-state index in [1.165, 1.54) is 4.57 Å². The third-order valence-corrected chi connectivity index (χ3v) is 6.40. The number of carbonyl (C=O) groups is 1. The van der Waals surface area contributed by atoms with Crippen molar-refractivity contribution in [1.82, 2.24) is 14.5 Å². The van der Waals surface area contributed by atoms with Gasteiger partial charge < -0.3 is 15.8 Å². The van der Waals surface area contributed by atoms with Crippen molar-refractivity contribution in [3.05, 3.63) is 70.8 Å². The normalized spacial score (nSPS) is 17.4. The van der Waals surface area contributed by atoms with Gasteiger partial charge in [0.15, 0.2) is 5.82 Å². The number of amides is 1. The van der Waals surface area contributed by atoms with Crippen molar-refractivity contribution in [2.45, 2.75) is 44.7 Å². The molecule has 3 N–H and O–H groups in total. The summed E-state index contributed by atoms with van der Waals surface area (Å²) in [6.45, 7) is 5.35. The Labute approximate surface area is 215 Å². The second kappa shape index (κ2) is 11.4. The lowest BCUT2D eigenvalue weighted by atomic mass is 9.91. The summed E-state index contributed by atoms with van der Waals surface area (Å²) in [6.07, 6.45) is 2.80. The Morgan fingerprint density at radius 1 is 1.08 bits per heavy atom. The van der Waals surface area contributed by atoms with E-state index in [0.29, 0.717) is 54.4 Å². The molecular formula is C28H30N6O3. The van der Waals surface area contributed by atoms with E-state index in [9.17, 15) is 9.59 Å². The van der Waals surface area contributed by atoms with Gasteiger partial charge in [-0.2, -0.15) is 0 Å². The van der Waals surface area contributed by atoms with Crippen LogP contribution >= 0.6 is 0 Å². The van der Waals surface area contributed by atoms with Crippen molar-refractivity contribution in [1.29, 1.82) is 0 Å². The summed E-state index contributed by atoms with van der Waals surface area (Å²) in [5.41, 5.74) is 6.99. The highest BCUT2D eigenvalue weighted by Crippen LogP contribution is 2.33. The first-order chi connectivity index (χ1) is 18.0. The fourth-order valence-electron chi connectivity index (χ4n) is 4.66. The van der Waals surface area contributed by atoms with Crippen LogP contribution in [0.15, 0.2) is 69.4 Å². The lowest BCUT2D eigenvalue weighted by Crippen LogP contribution is -2.38. The molecular weight excluding hydrogens is 468 g/mol. The van der Waals surface area contributed by atoms with E-state index >= 15 is 0 Å². The average Bonchev–Trinajstić information content (AvgIpc) is 3.21. The van der Waals surface area contributed by atoms with Crippen LogP contribution in [0.3, 0.4) is 0 Å². The van der Waals surface area contributed by atoms with Gasteiger partial charge in [-0.05, 0) is 81.6 Å². The van der Waals surface area contributed by atoms with E-state index in [4.69, 9.17) is 10.5 Å². The Balaban J connectivity index is 1.66. The van der Waals surface area contributed by atoms with Crippen LogP contribution < -0.4 is 21.5 Å². The van der Waals surface area contributed by atoms with Crippen molar-refractivity contribution in [3.8, 4) is 29.0 Å². The Bertz CT molecular complexity index is 1420. The fourth-order valence-corrected chi connectivity index (χ4v) is 4.66. The van der Waals surface area contributed by atoms with E-state index in [0.717, 1.165) is 0 Å². The summed E-state index contributed by atoms with van der Waals surface area (Å²) >= 11 is 0. The van der Waals surface area contributed by atoms with Crippen molar-refractivity contribution < 1.29 is 9.53 Å². The van der Waals surface area contributed by atoms with Crippen molar-refractivity contribution in [2.24, 2.45) is 15.7 Å². The molecule has 2 aromatic carbocycles. The number of carbonyl (C=O) groups excluding carboxylic acids is 1. The number of para-hydroxylation sites is 1. The molecule has 9 heteroatoms. The number of imidazole rings is 1. The largest absolute Gasteiger partial charge is 0.457 e. The molecule has 1 aromatic heterocycles. The molecule has 1 aliphatic rings. The van der Waals surface area contributed by atoms with Gasteiger partial charge in [0, 0.05) is 19.1 Å². The van der Waals surface area contributed by atoms with Gasteiger partial charge in [0.2, 0.25) is 0 Å². The molecule has 0 aliphatic heterocycles.